The quantitative estimate of drug-likeness (QED) is 0.289. The van der Waals surface area contributed by atoms with E-state index in [4.69, 9.17) is 11.5 Å². The number of nitrogens with zero attached hydrogens (tertiary/aromatic N) is 1. The second-order valence-electron chi connectivity index (χ2n) is 1.57. The summed E-state index contributed by atoms with van der Waals surface area (Å²) in [6, 6.07) is 1.51. The van der Waals surface area contributed by atoms with E-state index < -0.39 is 0 Å². The summed E-state index contributed by atoms with van der Waals surface area (Å²) in [5, 5.41) is 0. The molecule has 1 aromatic rings. The molecule has 48 valence electrons. The predicted molar refractivity (Wildman–Crippen MR) is 38.2 cm³/mol. The minimum atomic E-state index is 0. The third kappa shape index (κ3) is 2.66. The first kappa shape index (κ1) is 9.90. The molecule has 0 aliphatic heterocycles. The van der Waals surface area contributed by atoms with E-state index in [-0.39, 0.29) is 29.6 Å². The van der Waals surface area contributed by atoms with Gasteiger partial charge in [0.05, 0.1) is 0 Å². The molecule has 0 aliphatic rings. The molecule has 4 nitrogen and oxygen atoms in total. The number of aromatic nitrogens is 2. The molecule has 0 saturated heterocycles. The van der Waals surface area contributed by atoms with Crippen LogP contribution in [0.5, 0.6) is 0 Å². The van der Waals surface area contributed by atoms with Crippen LogP contribution in [0.15, 0.2) is 6.07 Å². The summed E-state index contributed by atoms with van der Waals surface area (Å²) in [4.78, 5) is 6.30. The number of H-pyrrole nitrogens is 1. The zero-order chi connectivity index (χ0) is 6.85. The summed E-state index contributed by atoms with van der Waals surface area (Å²) < 4.78 is 0.313. The van der Waals surface area contributed by atoms with Gasteiger partial charge in [-0.2, -0.15) is 0 Å². The zero-order valence-electron chi connectivity index (χ0n) is 5.59. The van der Waals surface area contributed by atoms with Gasteiger partial charge in [0.1, 0.15) is 11.6 Å². The van der Waals surface area contributed by atoms with Gasteiger partial charge in [0, 0.05) is 6.07 Å². The molecule has 0 unspecified atom stereocenters. The maximum atomic E-state index is 5.32. The summed E-state index contributed by atoms with van der Waals surface area (Å²) in [6.45, 7) is 0. The van der Waals surface area contributed by atoms with Crippen LogP contribution in [0.4, 0.5) is 11.6 Å². The molecule has 1 rings (SSSR count). The van der Waals surface area contributed by atoms with Gasteiger partial charge in [-0.3, -0.25) is 0 Å². The summed E-state index contributed by atoms with van der Waals surface area (Å²) in [5.41, 5.74) is 10.6. The van der Waals surface area contributed by atoms with E-state index in [1.54, 1.807) is 0 Å². The fourth-order valence-electron chi connectivity index (χ4n) is 0.496. The fraction of sp³-hybridized carbons (Fsp3) is 0. The Labute approximate surface area is 85.3 Å². The zero-order valence-corrected chi connectivity index (χ0v) is 8.40. The van der Waals surface area contributed by atoms with Crippen LogP contribution in [0.3, 0.4) is 0 Å². The van der Waals surface area contributed by atoms with Crippen LogP contribution >= 0.6 is 12.2 Å². The van der Waals surface area contributed by atoms with E-state index in [0.717, 1.165) is 0 Å². The Morgan fingerprint density at radius 1 is 1.50 bits per heavy atom. The van der Waals surface area contributed by atoms with E-state index >= 15 is 0 Å². The van der Waals surface area contributed by atoms with E-state index in [2.05, 4.69) is 22.2 Å². The van der Waals surface area contributed by atoms with Crippen molar-refractivity contribution < 1.29 is 29.6 Å². The molecule has 6 heteroatoms. The average molecular weight is 165 g/mol. The third-order valence-corrected chi connectivity index (χ3v) is 0.979. The first-order chi connectivity index (χ1) is 4.18. The molecule has 1 aromatic heterocycles. The molecule has 0 amide bonds. The average Bonchev–Trinajstić information content (AvgIpc) is 1.59. The van der Waals surface area contributed by atoms with Crippen molar-refractivity contribution in [3.05, 3.63) is 10.8 Å². The van der Waals surface area contributed by atoms with Crippen molar-refractivity contribution in [3.63, 3.8) is 0 Å². The van der Waals surface area contributed by atoms with E-state index in [0.29, 0.717) is 16.4 Å². The number of aromatic amines is 1. The number of nitrogen functional groups attached to an aromatic ring is 2. The fourth-order valence-corrected chi connectivity index (χ4v) is 0.720. The van der Waals surface area contributed by atoms with Crippen LogP contribution in [0.1, 0.15) is 0 Å². The van der Waals surface area contributed by atoms with Crippen LogP contribution in [-0.4, -0.2) is 9.97 Å². The molecule has 0 bridgehead atoms. The predicted octanol–water partition coefficient (Wildman–Crippen LogP) is -2.69. The van der Waals surface area contributed by atoms with Crippen LogP contribution in [0.2, 0.25) is 0 Å². The molecular formula is C4H6N4NaS+. The van der Waals surface area contributed by atoms with Crippen molar-refractivity contribution in [3.8, 4) is 0 Å². The second-order valence-corrected chi connectivity index (χ2v) is 1.95. The molecule has 0 spiro atoms. The number of nitrogens with two attached hydrogens (primary N) is 2. The smallest absolute Gasteiger partial charge is 0.385 e. The largest absolute Gasteiger partial charge is 1.00 e. The van der Waals surface area contributed by atoms with E-state index in [1.807, 2.05) is 0 Å². The summed E-state index contributed by atoms with van der Waals surface area (Å²) >= 11 is 4.66. The van der Waals surface area contributed by atoms with Gasteiger partial charge in [0.15, 0.2) is 4.77 Å². The Bertz CT molecular complexity index is 247. The van der Waals surface area contributed by atoms with Crippen molar-refractivity contribution in [1.82, 2.24) is 9.97 Å². The van der Waals surface area contributed by atoms with Crippen molar-refractivity contribution in [2.45, 2.75) is 0 Å². The molecular weight excluding hydrogens is 159 g/mol. The number of anilines is 2. The topological polar surface area (TPSA) is 80.7 Å². The van der Waals surface area contributed by atoms with Crippen LogP contribution in [0.25, 0.3) is 0 Å². The molecule has 5 N–H and O–H groups in total. The molecule has 0 saturated carbocycles. The van der Waals surface area contributed by atoms with Gasteiger partial charge in [0.2, 0.25) is 0 Å². The van der Waals surface area contributed by atoms with Crippen LogP contribution in [0, 0.1) is 4.77 Å². The van der Waals surface area contributed by atoms with Crippen molar-refractivity contribution in [2.24, 2.45) is 0 Å². The second kappa shape index (κ2) is 3.92. The van der Waals surface area contributed by atoms with Gasteiger partial charge in [-0.05, 0) is 12.2 Å². The maximum Gasteiger partial charge on any atom is 1.00 e. The molecule has 0 aliphatic carbocycles. The summed E-state index contributed by atoms with van der Waals surface area (Å²) in [5.74, 6) is 0.781. The van der Waals surface area contributed by atoms with Gasteiger partial charge in [-0.25, -0.2) is 4.98 Å². The van der Waals surface area contributed by atoms with Crippen LogP contribution in [-0.2, 0) is 0 Å². The third-order valence-electron chi connectivity index (χ3n) is 0.785. The monoisotopic (exact) mass is 165 g/mol. The van der Waals surface area contributed by atoms with E-state index in [9.17, 15) is 0 Å². The van der Waals surface area contributed by atoms with Crippen molar-refractivity contribution in [1.29, 1.82) is 0 Å². The molecule has 0 radical (unpaired) electrons. The van der Waals surface area contributed by atoms with Crippen LogP contribution < -0.4 is 41.0 Å². The Morgan fingerprint density at radius 3 is 2.50 bits per heavy atom. The Hall–Kier alpha value is -0.100. The normalized spacial score (nSPS) is 8.40. The number of nitrogens with one attached hydrogen (secondary N) is 1. The van der Waals surface area contributed by atoms with Gasteiger partial charge < -0.3 is 16.5 Å². The minimum Gasteiger partial charge on any atom is -0.385 e. The maximum absolute atomic E-state index is 5.32. The summed E-state index contributed by atoms with van der Waals surface area (Å²) in [6.07, 6.45) is 0. The van der Waals surface area contributed by atoms with Gasteiger partial charge >= 0.3 is 29.6 Å². The van der Waals surface area contributed by atoms with Crippen molar-refractivity contribution >= 4 is 23.9 Å². The Balaban J connectivity index is 0.000000810. The van der Waals surface area contributed by atoms with Crippen molar-refractivity contribution in [2.75, 3.05) is 11.5 Å². The van der Waals surface area contributed by atoms with Gasteiger partial charge in [-0.15, -0.1) is 0 Å². The molecule has 10 heavy (non-hydrogen) atoms. The van der Waals surface area contributed by atoms with Gasteiger partial charge in [-0.1, -0.05) is 0 Å². The number of rotatable bonds is 0. The molecule has 0 atom stereocenters. The van der Waals surface area contributed by atoms with Gasteiger partial charge in [0.25, 0.3) is 0 Å². The first-order valence-corrected chi connectivity index (χ1v) is 2.71. The Kier molecular flexibility index (Phi) is 3.88. The Morgan fingerprint density at radius 2 is 2.10 bits per heavy atom. The summed E-state index contributed by atoms with van der Waals surface area (Å²) in [7, 11) is 0. The molecule has 1 heterocycles. The van der Waals surface area contributed by atoms with E-state index in [1.165, 1.54) is 6.07 Å². The number of hydrogen-bond acceptors (Lipinski definition) is 4. The molecule has 0 fully saturated rings. The molecule has 0 aromatic carbocycles. The number of hydrogen-bond donors (Lipinski definition) is 3. The first-order valence-electron chi connectivity index (χ1n) is 2.31. The SMILES string of the molecule is Nc1cc(N)[nH]c(=S)n1.[Na+]. The standard InChI is InChI=1S/C4H6N4S.Na/c5-2-1-3(6)8-4(9)7-2;/h1H,(H5,5,6,7,8,9);/q;+1. The minimum absolute atomic E-state index is 0.